The van der Waals surface area contributed by atoms with Gasteiger partial charge in [-0.05, 0) is 29.8 Å². The molecule has 2 aromatic heterocycles. The van der Waals surface area contributed by atoms with Crippen molar-refractivity contribution in [3.63, 3.8) is 0 Å². The molecule has 1 N–H and O–H groups in total. The SMILES string of the molecule is COc1ccc(-c2cn3ccc(=O)cc3[nH]2)cc1. The van der Waals surface area contributed by atoms with Crippen molar-refractivity contribution in [2.24, 2.45) is 0 Å². The van der Waals surface area contributed by atoms with Gasteiger partial charge in [0, 0.05) is 24.5 Å². The number of nitrogens with zero attached hydrogens (tertiary/aromatic N) is 1. The van der Waals surface area contributed by atoms with Gasteiger partial charge in [-0.25, -0.2) is 0 Å². The monoisotopic (exact) mass is 240 g/mol. The number of aromatic amines is 1. The quantitative estimate of drug-likeness (QED) is 0.747. The van der Waals surface area contributed by atoms with Gasteiger partial charge in [-0.2, -0.15) is 0 Å². The second-order valence-electron chi connectivity index (χ2n) is 4.05. The highest BCUT2D eigenvalue weighted by molar-refractivity contribution is 5.63. The fraction of sp³-hybridized carbons (Fsp3) is 0.0714. The predicted octanol–water partition coefficient (Wildman–Crippen LogP) is 2.30. The lowest BCUT2D eigenvalue weighted by Crippen LogP contribution is -1.97. The van der Waals surface area contributed by atoms with Crippen LogP contribution in [0.2, 0.25) is 0 Å². The van der Waals surface area contributed by atoms with Crippen molar-refractivity contribution in [1.82, 2.24) is 9.38 Å². The first kappa shape index (κ1) is 10.7. The Balaban J connectivity index is 2.10. The smallest absolute Gasteiger partial charge is 0.183 e. The van der Waals surface area contributed by atoms with E-state index in [1.807, 2.05) is 34.9 Å². The topological polar surface area (TPSA) is 46.5 Å². The van der Waals surface area contributed by atoms with E-state index in [4.69, 9.17) is 4.74 Å². The summed E-state index contributed by atoms with van der Waals surface area (Å²) in [6, 6.07) is 10.9. The van der Waals surface area contributed by atoms with E-state index in [0.29, 0.717) is 0 Å². The minimum absolute atomic E-state index is 0.00173. The maximum atomic E-state index is 11.3. The first-order valence-corrected chi connectivity index (χ1v) is 5.62. The Morgan fingerprint density at radius 2 is 1.94 bits per heavy atom. The first-order chi connectivity index (χ1) is 8.76. The number of fused-ring (bicyclic) bond motifs is 1. The number of rotatable bonds is 2. The Kier molecular flexibility index (Phi) is 2.41. The molecule has 2 heterocycles. The number of methoxy groups -OCH3 is 1. The van der Waals surface area contributed by atoms with E-state index in [9.17, 15) is 4.79 Å². The highest BCUT2D eigenvalue weighted by Crippen LogP contribution is 2.21. The van der Waals surface area contributed by atoms with Crippen LogP contribution in [0.1, 0.15) is 0 Å². The third-order valence-corrected chi connectivity index (χ3v) is 2.89. The second-order valence-corrected chi connectivity index (χ2v) is 4.05. The van der Waals surface area contributed by atoms with Gasteiger partial charge in [0.1, 0.15) is 11.4 Å². The Labute approximate surface area is 103 Å². The lowest BCUT2D eigenvalue weighted by molar-refractivity contribution is 0.415. The van der Waals surface area contributed by atoms with Crippen LogP contribution in [0, 0.1) is 0 Å². The summed E-state index contributed by atoms with van der Waals surface area (Å²) < 4.78 is 7.01. The van der Waals surface area contributed by atoms with Crippen LogP contribution in [-0.4, -0.2) is 16.5 Å². The van der Waals surface area contributed by atoms with Crippen LogP contribution < -0.4 is 10.2 Å². The number of imidazole rings is 1. The number of H-pyrrole nitrogens is 1. The Morgan fingerprint density at radius 3 is 2.67 bits per heavy atom. The lowest BCUT2D eigenvalue weighted by Gasteiger charge is -2.00. The van der Waals surface area contributed by atoms with Gasteiger partial charge >= 0.3 is 0 Å². The van der Waals surface area contributed by atoms with Gasteiger partial charge in [0.25, 0.3) is 0 Å². The average Bonchev–Trinajstić information content (AvgIpc) is 2.81. The van der Waals surface area contributed by atoms with E-state index in [1.54, 1.807) is 25.4 Å². The van der Waals surface area contributed by atoms with Crippen molar-refractivity contribution in [3.8, 4) is 17.0 Å². The second kappa shape index (κ2) is 4.07. The van der Waals surface area contributed by atoms with Crippen LogP contribution >= 0.6 is 0 Å². The molecule has 0 radical (unpaired) electrons. The number of hydrogen-bond acceptors (Lipinski definition) is 2. The van der Waals surface area contributed by atoms with Crippen LogP contribution in [0.4, 0.5) is 0 Å². The van der Waals surface area contributed by atoms with Crippen molar-refractivity contribution in [2.75, 3.05) is 7.11 Å². The molecule has 90 valence electrons. The summed E-state index contributed by atoms with van der Waals surface area (Å²) in [5.74, 6) is 0.823. The molecule has 1 aromatic carbocycles. The zero-order chi connectivity index (χ0) is 12.5. The fourth-order valence-corrected chi connectivity index (χ4v) is 1.93. The van der Waals surface area contributed by atoms with Gasteiger partial charge in [-0.1, -0.05) is 0 Å². The van der Waals surface area contributed by atoms with Gasteiger partial charge in [0.2, 0.25) is 0 Å². The molecule has 0 aliphatic heterocycles. The van der Waals surface area contributed by atoms with E-state index in [-0.39, 0.29) is 5.43 Å². The molecule has 0 atom stereocenters. The highest BCUT2D eigenvalue weighted by Gasteiger charge is 2.03. The van der Waals surface area contributed by atoms with E-state index < -0.39 is 0 Å². The highest BCUT2D eigenvalue weighted by atomic mass is 16.5. The van der Waals surface area contributed by atoms with Crippen molar-refractivity contribution in [2.45, 2.75) is 0 Å². The minimum Gasteiger partial charge on any atom is -0.497 e. The summed E-state index contributed by atoms with van der Waals surface area (Å²) in [7, 11) is 1.64. The normalized spacial score (nSPS) is 10.7. The predicted molar refractivity (Wildman–Crippen MR) is 70.0 cm³/mol. The molecule has 0 bridgehead atoms. The third kappa shape index (κ3) is 1.78. The van der Waals surface area contributed by atoms with Crippen molar-refractivity contribution >= 4 is 5.65 Å². The van der Waals surface area contributed by atoms with Gasteiger partial charge in [0.05, 0.1) is 12.8 Å². The number of ether oxygens (including phenoxy) is 1. The van der Waals surface area contributed by atoms with Crippen LogP contribution in [-0.2, 0) is 0 Å². The first-order valence-electron chi connectivity index (χ1n) is 5.62. The molecule has 4 nitrogen and oxygen atoms in total. The fourth-order valence-electron chi connectivity index (χ4n) is 1.93. The van der Waals surface area contributed by atoms with E-state index in [2.05, 4.69) is 4.98 Å². The maximum absolute atomic E-state index is 11.3. The molecule has 0 unspecified atom stereocenters. The van der Waals surface area contributed by atoms with Gasteiger partial charge in [-0.3, -0.25) is 4.79 Å². The van der Waals surface area contributed by atoms with Gasteiger partial charge in [-0.15, -0.1) is 0 Å². The molecular formula is C14H12N2O2. The number of benzene rings is 1. The van der Waals surface area contributed by atoms with E-state index in [0.717, 1.165) is 22.7 Å². The summed E-state index contributed by atoms with van der Waals surface area (Å²) in [5.41, 5.74) is 2.79. The summed E-state index contributed by atoms with van der Waals surface area (Å²) in [6.45, 7) is 0. The molecule has 0 amide bonds. The molecule has 0 saturated heterocycles. The van der Waals surface area contributed by atoms with Crippen LogP contribution in [0.25, 0.3) is 16.9 Å². The molecule has 0 aliphatic rings. The van der Waals surface area contributed by atoms with E-state index >= 15 is 0 Å². The molecule has 0 saturated carbocycles. The van der Waals surface area contributed by atoms with Crippen LogP contribution in [0.5, 0.6) is 5.75 Å². The van der Waals surface area contributed by atoms with Gasteiger partial charge in [0.15, 0.2) is 5.43 Å². The number of pyridine rings is 1. The molecule has 3 rings (SSSR count). The standard InChI is InChI=1S/C14H12N2O2/c1-18-12-4-2-10(3-5-12)13-9-16-7-6-11(17)8-14(16)15-13/h2-9,15H,1H3. The molecule has 4 heteroatoms. The van der Waals surface area contributed by atoms with Crippen LogP contribution in [0.15, 0.2) is 53.6 Å². The van der Waals surface area contributed by atoms with Crippen molar-refractivity contribution in [3.05, 3.63) is 59.0 Å². The average molecular weight is 240 g/mol. The number of hydrogen-bond donors (Lipinski definition) is 1. The molecule has 18 heavy (non-hydrogen) atoms. The molecule has 0 aliphatic carbocycles. The van der Waals surface area contributed by atoms with Crippen molar-refractivity contribution in [1.29, 1.82) is 0 Å². The van der Waals surface area contributed by atoms with Crippen LogP contribution in [0.3, 0.4) is 0 Å². The summed E-state index contributed by atoms with van der Waals surface area (Å²) in [6.07, 6.45) is 3.71. The summed E-state index contributed by atoms with van der Waals surface area (Å²) in [4.78, 5) is 14.5. The molecule has 0 fully saturated rings. The Morgan fingerprint density at radius 1 is 1.17 bits per heavy atom. The zero-order valence-electron chi connectivity index (χ0n) is 9.88. The number of aromatic nitrogens is 2. The molecular weight excluding hydrogens is 228 g/mol. The van der Waals surface area contributed by atoms with Gasteiger partial charge < -0.3 is 14.1 Å². The summed E-state index contributed by atoms with van der Waals surface area (Å²) in [5, 5.41) is 0. The van der Waals surface area contributed by atoms with E-state index in [1.165, 1.54) is 0 Å². The molecule has 0 spiro atoms. The lowest BCUT2D eigenvalue weighted by atomic mass is 10.2. The summed E-state index contributed by atoms with van der Waals surface area (Å²) >= 11 is 0. The number of nitrogens with one attached hydrogen (secondary N) is 1. The maximum Gasteiger partial charge on any atom is 0.183 e. The molecule has 3 aromatic rings. The Bertz CT molecular complexity index is 738. The minimum atomic E-state index is -0.00173. The van der Waals surface area contributed by atoms with Crippen molar-refractivity contribution < 1.29 is 4.74 Å². The zero-order valence-corrected chi connectivity index (χ0v) is 9.88. The largest absolute Gasteiger partial charge is 0.497 e. The third-order valence-electron chi connectivity index (χ3n) is 2.89. The Hall–Kier alpha value is -2.49.